The summed E-state index contributed by atoms with van der Waals surface area (Å²) in [4.78, 5) is -0.0445. The van der Waals surface area contributed by atoms with Crippen LogP contribution in [0.15, 0.2) is 77.7 Å². The van der Waals surface area contributed by atoms with Crippen LogP contribution in [0.25, 0.3) is 0 Å². The Hall–Kier alpha value is -3.00. The van der Waals surface area contributed by atoms with Crippen molar-refractivity contribution in [3.8, 4) is 11.5 Å². The minimum Gasteiger partial charge on any atom is -0.457 e. The Morgan fingerprint density at radius 3 is 2.15 bits per heavy atom. The maximum Gasteiger partial charge on any atom is 0.420 e. The number of benzene rings is 3. The van der Waals surface area contributed by atoms with Gasteiger partial charge in [0.2, 0.25) is 0 Å². The van der Waals surface area contributed by atoms with Crippen molar-refractivity contribution in [1.82, 2.24) is 0 Å². The molecule has 3 aromatic carbocycles. The van der Waals surface area contributed by atoms with Gasteiger partial charge in [0.25, 0.3) is 10.0 Å². The minimum absolute atomic E-state index is 0.0445. The zero-order chi connectivity index (χ0) is 23.5. The average molecular weight is 476 g/mol. The molecule has 8 heteroatoms. The minimum atomic E-state index is -4.73. The molecule has 0 radical (unpaired) electrons. The lowest BCUT2D eigenvalue weighted by molar-refractivity contribution is -0.138. The number of halogens is 3. The van der Waals surface area contributed by atoms with Gasteiger partial charge in [0, 0.05) is 5.69 Å². The summed E-state index contributed by atoms with van der Waals surface area (Å²) < 4.78 is 73.9. The Kier molecular flexibility index (Phi) is 6.65. The van der Waals surface area contributed by atoms with Gasteiger partial charge in [-0.05, 0) is 66.8 Å². The first-order chi connectivity index (χ1) is 15.7. The fourth-order valence-corrected chi connectivity index (χ4v) is 5.16. The quantitative estimate of drug-likeness (QED) is 0.406. The molecule has 0 unspecified atom stereocenters. The number of anilines is 1. The second kappa shape index (κ2) is 9.47. The maximum absolute atomic E-state index is 13.7. The fraction of sp³-hybridized carbons (Fsp3) is 0.280. The lowest BCUT2D eigenvalue weighted by Crippen LogP contribution is -2.14. The van der Waals surface area contributed by atoms with Crippen LogP contribution in [-0.2, 0) is 16.2 Å². The van der Waals surface area contributed by atoms with Crippen LogP contribution in [0.2, 0.25) is 0 Å². The molecule has 1 saturated carbocycles. The molecule has 0 bridgehead atoms. The molecule has 1 aliphatic carbocycles. The predicted molar refractivity (Wildman–Crippen MR) is 121 cm³/mol. The third-order valence-electron chi connectivity index (χ3n) is 5.78. The Morgan fingerprint density at radius 2 is 1.52 bits per heavy atom. The number of hydrogen-bond donors (Lipinski definition) is 1. The molecule has 33 heavy (non-hydrogen) atoms. The summed E-state index contributed by atoms with van der Waals surface area (Å²) in [5.41, 5.74) is -0.0953. The van der Waals surface area contributed by atoms with Gasteiger partial charge in [-0.2, -0.15) is 13.2 Å². The van der Waals surface area contributed by atoms with Crippen molar-refractivity contribution < 1.29 is 26.3 Å². The fourth-order valence-electron chi connectivity index (χ4n) is 4.09. The Bertz CT molecular complexity index is 1190. The van der Waals surface area contributed by atoms with E-state index in [-0.39, 0.29) is 16.3 Å². The summed E-state index contributed by atoms with van der Waals surface area (Å²) in [6.07, 6.45) is 1.15. The van der Waals surface area contributed by atoms with Crippen LogP contribution >= 0.6 is 0 Å². The summed E-state index contributed by atoms with van der Waals surface area (Å²) in [5.74, 6) is 0.378. The molecule has 3 aromatic rings. The molecule has 0 aliphatic heterocycles. The number of alkyl halides is 3. The molecule has 0 saturated heterocycles. The number of sulfonamides is 1. The summed E-state index contributed by atoms with van der Waals surface area (Å²) in [6.45, 7) is 0. The molecule has 1 N–H and O–H groups in total. The summed E-state index contributed by atoms with van der Waals surface area (Å²) in [5, 5.41) is 0. The van der Waals surface area contributed by atoms with Crippen molar-refractivity contribution in [3.63, 3.8) is 0 Å². The molecule has 1 aliphatic rings. The van der Waals surface area contributed by atoms with E-state index < -0.39 is 27.5 Å². The van der Waals surface area contributed by atoms with Crippen LogP contribution in [0.5, 0.6) is 11.5 Å². The second-order valence-electron chi connectivity index (χ2n) is 8.13. The normalized spacial score (nSPS) is 15.2. The summed E-state index contributed by atoms with van der Waals surface area (Å²) in [6, 6.07) is 17.7. The zero-order valence-electron chi connectivity index (χ0n) is 17.8. The van der Waals surface area contributed by atoms with E-state index in [4.69, 9.17) is 4.74 Å². The van der Waals surface area contributed by atoms with E-state index in [2.05, 4.69) is 4.72 Å². The number of hydrogen-bond acceptors (Lipinski definition) is 3. The van der Waals surface area contributed by atoms with Crippen LogP contribution in [-0.4, -0.2) is 8.42 Å². The number of ether oxygens (including phenoxy) is 1. The SMILES string of the molecule is O=S(=O)(Nc1ccc(Oc2ccc(C3CCCCC3)cc2)c(C(F)(F)F)c1)c1ccccc1. The van der Waals surface area contributed by atoms with Gasteiger partial charge in [-0.1, -0.05) is 49.6 Å². The van der Waals surface area contributed by atoms with Gasteiger partial charge in [0.05, 0.1) is 4.90 Å². The van der Waals surface area contributed by atoms with Crippen molar-refractivity contribution in [1.29, 1.82) is 0 Å². The Labute approximate surface area is 191 Å². The van der Waals surface area contributed by atoms with E-state index >= 15 is 0 Å². The smallest absolute Gasteiger partial charge is 0.420 e. The number of rotatable bonds is 6. The molecule has 0 aromatic heterocycles. The van der Waals surface area contributed by atoms with Crippen molar-refractivity contribution in [2.75, 3.05) is 4.72 Å². The van der Waals surface area contributed by atoms with E-state index in [0.717, 1.165) is 25.0 Å². The molecule has 0 heterocycles. The highest BCUT2D eigenvalue weighted by molar-refractivity contribution is 7.92. The van der Waals surface area contributed by atoms with Crippen molar-refractivity contribution >= 4 is 15.7 Å². The topological polar surface area (TPSA) is 55.4 Å². The van der Waals surface area contributed by atoms with E-state index in [1.807, 2.05) is 12.1 Å². The zero-order valence-corrected chi connectivity index (χ0v) is 18.6. The Balaban J connectivity index is 1.56. The van der Waals surface area contributed by atoms with Crippen LogP contribution in [0.4, 0.5) is 18.9 Å². The lowest BCUT2D eigenvalue weighted by Gasteiger charge is -2.22. The van der Waals surface area contributed by atoms with Crippen LogP contribution in [0, 0.1) is 0 Å². The first kappa shape index (κ1) is 23.2. The van der Waals surface area contributed by atoms with Crippen LogP contribution < -0.4 is 9.46 Å². The third-order valence-corrected chi connectivity index (χ3v) is 7.17. The molecular formula is C25H24F3NO3S. The van der Waals surface area contributed by atoms with Gasteiger partial charge in [0.1, 0.15) is 17.1 Å². The molecule has 4 nitrogen and oxygen atoms in total. The van der Waals surface area contributed by atoms with E-state index in [1.54, 1.807) is 18.2 Å². The Morgan fingerprint density at radius 1 is 0.848 bits per heavy atom. The highest BCUT2D eigenvalue weighted by Gasteiger charge is 2.35. The first-order valence-corrected chi connectivity index (χ1v) is 12.3. The summed E-state index contributed by atoms with van der Waals surface area (Å²) >= 11 is 0. The molecule has 1 fully saturated rings. The molecule has 174 valence electrons. The van der Waals surface area contributed by atoms with Gasteiger partial charge < -0.3 is 4.74 Å². The van der Waals surface area contributed by atoms with E-state index in [9.17, 15) is 21.6 Å². The molecule has 0 spiro atoms. The number of nitrogens with one attached hydrogen (secondary N) is 1. The second-order valence-corrected chi connectivity index (χ2v) is 9.82. The largest absolute Gasteiger partial charge is 0.457 e. The van der Waals surface area contributed by atoms with Crippen molar-refractivity contribution in [2.24, 2.45) is 0 Å². The molecule has 4 rings (SSSR count). The maximum atomic E-state index is 13.7. The highest BCUT2D eigenvalue weighted by atomic mass is 32.2. The summed E-state index contributed by atoms with van der Waals surface area (Å²) in [7, 11) is -4.02. The van der Waals surface area contributed by atoms with Gasteiger partial charge in [-0.3, -0.25) is 4.72 Å². The lowest BCUT2D eigenvalue weighted by atomic mass is 9.84. The standard InChI is InChI=1S/C25H24F3NO3S/c26-25(27,28)23-17-20(29-33(30,31)22-9-5-2-6-10-22)13-16-24(23)32-21-14-11-19(12-15-21)18-7-3-1-4-8-18/h2,5-6,9-18,29H,1,3-4,7-8H2. The highest BCUT2D eigenvalue weighted by Crippen LogP contribution is 2.40. The predicted octanol–water partition coefficient (Wildman–Crippen LogP) is 7.35. The van der Waals surface area contributed by atoms with Crippen LogP contribution in [0.1, 0.15) is 49.1 Å². The van der Waals surface area contributed by atoms with E-state index in [0.29, 0.717) is 5.92 Å². The molecule has 0 atom stereocenters. The molecular weight excluding hydrogens is 451 g/mol. The van der Waals surface area contributed by atoms with Gasteiger partial charge in [0.15, 0.2) is 0 Å². The first-order valence-electron chi connectivity index (χ1n) is 10.8. The third kappa shape index (κ3) is 5.68. The molecule has 0 amide bonds. The van der Waals surface area contributed by atoms with Gasteiger partial charge in [-0.25, -0.2) is 8.42 Å². The van der Waals surface area contributed by atoms with Crippen molar-refractivity contribution in [3.05, 3.63) is 83.9 Å². The van der Waals surface area contributed by atoms with Gasteiger partial charge in [-0.15, -0.1) is 0 Å². The van der Waals surface area contributed by atoms with Crippen LogP contribution in [0.3, 0.4) is 0 Å². The van der Waals surface area contributed by atoms with E-state index in [1.165, 1.54) is 55.2 Å². The monoisotopic (exact) mass is 475 g/mol. The van der Waals surface area contributed by atoms with Gasteiger partial charge >= 0.3 is 6.18 Å². The average Bonchev–Trinajstić information content (AvgIpc) is 2.81. The van der Waals surface area contributed by atoms with Crippen molar-refractivity contribution in [2.45, 2.75) is 49.1 Å².